The summed E-state index contributed by atoms with van der Waals surface area (Å²) in [6.07, 6.45) is 7.29. The lowest BCUT2D eigenvalue weighted by Crippen LogP contribution is -2.34. The van der Waals surface area contributed by atoms with Crippen LogP contribution in [0.25, 0.3) is 10.2 Å². The summed E-state index contributed by atoms with van der Waals surface area (Å²) in [5, 5.41) is 7.40. The lowest BCUT2D eigenvalue weighted by atomic mass is 9.95. The standard InChI is InChI=1S/C13H19N5S2/c1-19-10-5-3-2-4-9(10)15-11-8-6-7-20-12(8)17-13(16-11)18-14/h6-7,9-10H,2-5,14H2,1H3,(H2,15,16,17,18). The molecule has 0 aliphatic heterocycles. The molecule has 0 aromatic carbocycles. The van der Waals surface area contributed by atoms with Gasteiger partial charge in [0, 0.05) is 11.3 Å². The second-order valence-electron chi connectivity index (χ2n) is 4.99. The van der Waals surface area contributed by atoms with Gasteiger partial charge >= 0.3 is 0 Å². The molecule has 2 atom stereocenters. The predicted octanol–water partition coefficient (Wildman–Crippen LogP) is 3.06. The molecule has 2 aromatic heterocycles. The van der Waals surface area contributed by atoms with Crippen LogP contribution < -0.4 is 16.6 Å². The summed E-state index contributed by atoms with van der Waals surface area (Å²) in [4.78, 5) is 9.83. The van der Waals surface area contributed by atoms with Crippen LogP contribution in [0.3, 0.4) is 0 Å². The fourth-order valence-electron chi connectivity index (χ4n) is 2.75. The van der Waals surface area contributed by atoms with Gasteiger partial charge in [-0.05, 0) is 30.5 Å². The Morgan fingerprint density at radius 3 is 3.00 bits per heavy atom. The van der Waals surface area contributed by atoms with E-state index in [1.165, 1.54) is 25.7 Å². The number of nitrogen functional groups attached to an aromatic ring is 1. The smallest absolute Gasteiger partial charge is 0.240 e. The number of hydrazine groups is 1. The van der Waals surface area contributed by atoms with E-state index >= 15 is 0 Å². The molecule has 20 heavy (non-hydrogen) atoms. The van der Waals surface area contributed by atoms with Crippen LogP contribution in [-0.2, 0) is 0 Å². The van der Waals surface area contributed by atoms with Gasteiger partial charge in [0.25, 0.3) is 0 Å². The summed E-state index contributed by atoms with van der Waals surface area (Å²) >= 11 is 3.55. The average molecular weight is 309 g/mol. The lowest BCUT2D eigenvalue weighted by Gasteiger charge is -2.31. The molecule has 5 nitrogen and oxygen atoms in total. The molecule has 4 N–H and O–H groups in total. The third-order valence-corrected chi connectivity index (χ3v) is 5.76. The second kappa shape index (κ2) is 6.15. The first-order chi connectivity index (χ1) is 9.81. The van der Waals surface area contributed by atoms with Gasteiger partial charge in [-0.1, -0.05) is 12.8 Å². The molecule has 2 aromatic rings. The summed E-state index contributed by atoms with van der Waals surface area (Å²) in [6.45, 7) is 0. The topological polar surface area (TPSA) is 75.9 Å². The van der Waals surface area contributed by atoms with Crippen molar-refractivity contribution in [1.82, 2.24) is 9.97 Å². The van der Waals surface area contributed by atoms with E-state index < -0.39 is 0 Å². The average Bonchev–Trinajstić information content (AvgIpc) is 2.96. The number of nitrogens with one attached hydrogen (secondary N) is 2. The van der Waals surface area contributed by atoms with Gasteiger partial charge in [-0.15, -0.1) is 11.3 Å². The Morgan fingerprint density at radius 2 is 2.20 bits per heavy atom. The van der Waals surface area contributed by atoms with Crippen LogP contribution in [-0.4, -0.2) is 27.5 Å². The number of rotatable bonds is 4. The van der Waals surface area contributed by atoms with E-state index in [2.05, 4.69) is 33.0 Å². The molecule has 0 radical (unpaired) electrons. The van der Waals surface area contributed by atoms with Crippen LogP contribution in [0.1, 0.15) is 25.7 Å². The number of thioether (sulfide) groups is 1. The van der Waals surface area contributed by atoms with E-state index in [0.717, 1.165) is 16.0 Å². The van der Waals surface area contributed by atoms with Crippen molar-refractivity contribution in [2.75, 3.05) is 17.0 Å². The number of anilines is 2. The molecule has 0 spiro atoms. The molecule has 0 bridgehead atoms. The number of nitrogens with zero attached hydrogens (tertiary/aromatic N) is 2. The molecule has 2 heterocycles. The lowest BCUT2D eigenvalue weighted by molar-refractivity contribution is 0.474. The van der Waals surface area contributed by atoms with E-state index in [1.54, 1.807) is 11.3 Å². The van der Waals surface area contributed by atoms with Gasteiger partial charge in [0.05, 0.1) is 5.39 Å². The van der Waals surface area contributed by atoms with Crippen molar-refractivity contribution >= 4 is 45.1 Å². The molecule has 7 heteroatoms. The summed E-state index contributed by atoms with van der Waals surface area (Å²) in [7, 11) is 0. The van der Waals surface area contributed by atoms with Crippen molar-refractivity contribution in [3.8, 4) is 0 Å². The largest absolute Gasteiger partial charge is 0.366 e. The maximum atomic E-state index is 5.46. The maximum Gasteiger partial charge on any atom is 0.240 e. The van der Waals surface area contributed by atoms with Crippen molar-refractivity contribution in [2.24, 2.45) is 5.84 Å². The first-order valence-electron chi connectivity index (χ1n) is 6.83. The minimum absolute atomic E-state index is 0.471. The van der Waals surface area contributed by atoms with Crippen LogP contribution in [0.2, 0.25) is 0 Å². The normalized spacial score (nSPS) is 22.9. The highest BCUT2D eigenvalue weighted by Crippen LogP contribution is 2.32. The molecular weight excluding hydrogens is 290 g/mol. The third-order valence-electron chi connectivity index (χ3n) is 3.78. The van der Waals surface area contributed by atoms with Crippen molar-refractivity contribution in [2.45, 2.75) is 37.0 Å². The second-order valence-corrected chi connectivity index (χ2v) is 6.96. The van der Waals surface area contributed by atoms with Crippen LogP contribution in [0.4, 0.5) is 11.8 Å². The van der Waals surface area contributed by atoms with Crippen LogP contribution in [0, 0.1) is 0 Å². The van der Waals surface area contributed by atoms with Gasteiger partial charge in [0.1, 0.15) is 10.6 Å². The van der Waals surface area contributed by atoms with E-state index in [0.29, 0.717) is 17.2 Å². The molecule has 0 amide bonds. The van der Waals surface area contributed by atoms with Crippen molar-refractivity contribution in [3.63, 3.8) is 0 Å². The Labute approximate surface area is 126 Å². The van der Waals surface area contributed by atoms with E-state index in [-0.39, 0.29) is 0 Å². The maximum absolute atomic E-state index is 5.46. The Hall–Kier alpha value is -1.05. The molecule has 1 fully saturated rings. The molecule has 3 rings (SSSR count). The Morgan fingerprint density at radius 1 is 1.35 bits per heavy atom. The fraction of sp³-hybridized carbons (Fsp3) is 0.538. The first-order valence-corrected chi connectivity index (χ1v) is 8.99. The van der Waals surface area contributed by atoms with Gasteiger partial charge in [0.2, 0.25) is 5.95 Å². The highest BCUT2D eigenvalue weighted by atomic mass is 32.2. The van der Waals surface area contributed by atoms with E-state index in [4.69, 9.17) is 5.84 Å². The zero-order valence-electron chi connectivity index (χ0n) is 11.4. The van der Waals surface area contributed by atoms with Crippen LogP contribution in [0.15, 0.2) is 11.4 Å². The Bertz CT molecular complexity index is 585. The molecule has 1 saturated carbocycles. The SMILES string of the molecule is CSC1CCCCC1Nc1nc(NN)nc2sccc12. The minimum Gasteiger partial charge on any atom is -0.366 e. The predicted molar refractivity (Wildman–Crippen MR) is 88.4 cm³/mol. The summed E-state index contributed by atoms with van der Waals surface area (Å²) < 4.78 is 0. The molecule has 0 saturated heterocycles. The van der Waals surface area contributed by atoms with E-state index in [1.807, 2.05) is 17.1 Å². The summed E-state index contributed by atoms with van der Waals surface area (Å²) in [5.74, 6) is 6.83. The quantitative estimate of drug-likeness (QED) is 0.595. The third kappa shape index (κ3) is 2.70. The zero-order valence-corrected chi connectivity index (χ0v) is 13.1. The van der Waals surface area contributed by atoms with Gasteiger partial charge in [-0.2, -0.15) is 16.7 Å². The minimum atomic E-state index is 0.471. The van der Waals surface area contributed by atoms with E-state index in [9.17, 15) is 0 Å². The van der Waals surface area contributed by atoms with Crippen molar-refractivity contribution in [1.29, 1.82) is 0 Å². The molecular formula is C13H19N5S2. The Balaban J connectivity index is 1.90. The van der Waals surface area contributed by atoms with Gasteiger partial charge in [0.15, 0.2) is 0 Å². The number of nitrogens with two attached hydrogens (primary N) is 1. The molecule has 1 aliphatic rings. The first kappa shape index (κ1) is 13.9. The molecule has 1 aliphatic carbocycles. The summed E-state index contributed by atoms with van der Waals surface area (Å²) in [6, 6.07) is 2.54. The highest BCUT2D eigenvalue weighted by Gasteiger charge is 2.25. The zero-order chi connectivity index (χ0) is 13.9. The molecule has 2 unspecified atom stereocenters. The number of hydrogen-bond acceptors (Lipinski definition) is 7. The Kier molecular flexibility index (Phi) is 4.28. The number of hydrogen-bond donors (Lipinski definition) is 3. The van der Waals surface area contributed by atoms with Crippen LogP contribution >= 0.6 is 23.1 Å². The fourth-order valence-corrected chi connectivity index (χ4v) is 4.45. The number of thiophene rings is 1. The van der Waals surface area contributed by atoms with Gasteiger partial charge in [-0.3, -0.25) is 5.43 Å². The van der Waals surface area contributed by atoms with Crippen molar-refractivity contribution in [3.05, 3.63) is 11.4 Å². The van der Waals surface area contributed by atoms with Gasteiger partial charge in [-0.25, -0.2) is 10.8 Å². The summed E-state index contributed by atoms with van der Waals surface area (Å²) in [5.41, 5.74) is 2.55. The van der Waals surface area contributed by atoms with Gasteiger partial charge < -0.3 is 5.32 Å². The molecule has 108 valence electrons. The number of aromatic nitrogens is 2. The highest BCUT2D eigenvalue weighted by molar-refractivity contribution is 7.99. The van der Waals surface area contributed by atoms with Crippen LogP contribution in [0.5, 0.6) is 0 Å². The monoisotopic (exact) mass is 309 g/mol. The number of fused-ring (bicyclic) bond motifs is 1. The van der Waals surface area contributed by atoms with Crippen molar-refractivity contribution < 1.29 is 0 Å².